The van der Waals surface area contributed by atoms with Crippen molar-refractivity contribution in [2.45, 2.75) is 26.0 Å². The van der Waals surface area contributed by atoms with Crippen molar-refractivity contribution in [3.05, 3.63) is 29.3 Å². The van der Waals surface area contributed by atoms with E-state index < -0.39 is 21.1 Å². The van der Waals surface area contributed by atoms with E-state index in [2.05, 4.69) is 0 Å². The highest BCUT2D eigenvalue weighted by atomic mass is 32.2. The van der Waals surface area contributed by atoms with Gasteiger partial charge in [-0.15, -0.1) is 0 Å². The molecule has 0 amide bonds. The van der Waals surface area contributed by atoms with Crippen molar-refractivity contribution in [1.29, 1.82) is 0 Å². The number of aromatic carboxylic acids is 1. The van der Waals surface area contributed by atoms with E-state index in [4.69, 9.17) is 9.84 Å². The standard InChI is InChI=1S/C13H18O5S/c1-9(2)19(16,17)7-6-18-12-8-11(13(14)15)5-4-10(12)3/h4-5,8-9H,6-7H2,1-3H3,(H,14,15). The quantitative estimate of drug-likeness (QED) is 0.863. The molecule has 0 heterocycles. The maximum absolute atomic E-state index is 11.6. The van der Waals surface area contributed by atoms with Crippen LogP contribution in [-0.2, 0) is 9.84 Å². The number of ether oxygens (including phenoxy) is 1. The zero-order valence-corrected chi connectivity index (χ0v) is 12.0. The highest BCUT2D eigenvalue weighted by Crippen LogP contribution is 2.19. The zero-order chi connectivity index (χ0) is 14.6. The average molecular weight is 286 g/mol. The molecular weight excluding hydrogens is 268 g/mol. The van der Waals surface area contributed by atoms with Crippen LogP contribution in [0.15, 0.2) is 18.2 Å². The van der Waals surface area contributed by atoms with Crippen LogP contribution in [0.1, 0.15) is 29.8 Å². The van der Waals surface area contributed by atoms with E-state index in [0.717, 1.165) is 5.56 Å². The third-order valence-electron chi connectivity index (χ3n) is 2.78. The van der Waals surface area contributed by atoms with Crippen LogP contribution in [0.5, 0.6) is 5.75 Å². The highest BCUT2D eigenvalue weighted by Gasteiger charge is 2.16. The summed E-state index contributed by atoms with van der Waals surface area (Å²) in [5.74, 6) is -0.722. The van der Waals surface area contributed by atoms with E-state index in [1.807, 2.05) is 0 Å². The highest BCUT2D eigenvalue weighted by molar-refractivity contribution is 7.91. The van der Waals surface area contributed by atoms with Crippen molar-refractivity contribution in [1.82, 2.24) is 0 Å². The van der Waals surface area contributed by atoms with Crippen molar-refractivity contribution in [3.63, 3.8) is 0 Å². The van der Waals surface area contributed by atoms with Crippen LogP contribution in [0, 0.1) is 6.92 Å². The van der Waals surface area contributed by atoms with Crippen LogP contribution in [0.25, 0.3) is 0 Å². The monoisotopic (exact) mass is 286 g/mol. The SMILES string of the molecule is Cc1ccc(C(=O)O)cc1OCCS(=O)(=O)C(C)C. The van der Waals surface area contributed by atoms with E-state index in [1.54, 1.807) is 26.8 Å². The zero-order valence-electron chi connectivity index (χ0n) is 11.2. The molecular formula is C13H18O5S. The minimum absolute atomic E-state index is 0.0183. The van der Waals surface area contributed by atoms with Gasteiger partial charge in [0.1, 0.15) is 12.4 Å². The van der Waals surface area contributed by atoms with Crippen LogP contribution >= 0.6 is 0 Å². The molecule has 0 saturated carbocycles. The molecule has 0 atom stereocenters. The summed E-state index contributed by atoms with van der Waals surface area (Å²) in [5, 5.41) is 8.43. The Bertz CT molecular complexity index is 560. The van der Waals surface area contributed by atoms with E-state index in [1.165, 1.54) is 12.1 Å². The molecule has 0 spiro atoms. The number of hydrogen-bond donors (Lipinski definition) is 1. The van der Waals surface area contributed by atoms with Gasteiger partial charge in [-0.1, -0.05) is 6.07 Å². The number of carboxylic acid groups (broad SMARTS) is 1. The van der Waals surface area contributed by atoms with Crippen molar-refractivity contribution in [2.75, 3.05) is 12.4 Å². The lowest BCUT2D eigenvalue weighted by atomic mass is 10.1. The van der Waals surface area contributed by atoms with Crippen molar-refractivity contribution in [3.8, 4) is 5.75 Å². The van der Waals surface area contributed by atoms with E-state index >= 15 is 0 Å². The lowest BCUT2D eigenvalue weighted by molar-refractivity contribution is 0.0696. The first kappa shape index (κ1) is 15.5. The average Bonchev–Trinajstić information content (AvgIpc) is 2.30. The summed E-state index contributed by atoms with van der Waals surface area (Å²) in [6, 6.07) is 4.52. The predicted octanol–water partition coefficient (Wildman–Crippen LogP) is 1.90. The van der Waals surface area contributed by atoms with Gasteiger partial charge >= 0.3 is 5.97 Å². The lowest BCUT2D eigenvalue weighted by Crippen LogP contribution is -2.22. The lowest BCUT2D eigenvalue weighted by Gasteiger charge is -2.11. The normalized spacial score (nSPS) is 11.6. The maximum Gasteiger partial charge on any atom is 0.335 e. The Morgan fingerprint density at radius 3 is 2.53 bits per heavy atom. The van der Waals surface area contributed by atoms with Gasteiger partial charge in [0, 0.05) is 0 Å². The number of carboxylic acids is 1. The van der Waals surface area contributed by atoms with Gasteiger partial charge in [0.2, 0.25) is 0 Å². The molecule has 0 unspecified atom stereocenters. The van der Waals surface area contributed by atoms with Gasteiger partial charge in [0.05, 0.1) is 16.6 Å². The first-order chi connectivity index (χ1) is 8.74. The van der Waals surface area contributed by atoms with Crippen LogP contribution in [0.3, 0.4) is 0 Å². The Morgan fingerprint density at radius 1 is 1.37 bits per heavy atom. The minimum Gasteiger partial charge on any atom is -0.492 e. The Hall–Kier alpha value is -1.56. The summed E-state index contributed by atoms with van der Waals surface area (Å²) in [6.45, 7) is 5.03. The summed E-state index contributed by atoms with van der Waals surface area (Å²) in [7, 11) is -3.15. The molecule has 5 nitrogen and oxygen atoms in total. The molecule has 0 saturated heterocycles. The number of rotatable bonds is 6. The smallest absolute Gasteiger partial charge is 0.335 e. The van der Waals surface area contributed by atoms with Crippen molar-refractivity contribution < 1.29 is 23.1 Å². The summed E-state index contributed by atoms with van der Waals surface area (Å²) in [5.41, 5.74) is 0.888. The molecule has 1 rings (SSSR count). The van der Waals surface area contributed by atoms with E-state index in [9.17, 15) is 13.2 Å². The molecule has 0 bridgehead atoms. The van der Waals surface area contributed by atoms with Gasteiger partial charge in [-0.25, -0.2) is 13.2 Å². The second-order valence-corrected chi connectivity index (χ2v) is 7.23. The summed E-state index contributed by atoms with van der Waals surface area (Å²) in [4.78, 5) is 10.8. The number of benzene rings is 1. The van der Waals surface area contributed by atoms with Crippen LogP contribution in [0.2, 0.25) is 0 Å². The Labute approximate surface area is 113 Å². The summed E-state index contributed by atoms with van der Waals surface area (Å²) < 4.78 is 28.6. The molecule has 1 aromatic rings. The largest absolute Gasteiger partial charge is 0.492 e. The number of aryl methyl sites for hydroxylation is 1. The minimum atomic E-state index is -3.15. The molecule has 1 aromatic carbocycles. The molecule has 0 aliphatic carbocycles. The molecule has 19 heavy (non-hydrogen) atoms. The Kier molecular flexibility index (Phi) is 4.94. The topological polar surface area (TPSA) is 80.7 Å². The third kappa shape index (κ3) is 4.24. The van der Waals surface area contributed by atoms with Gasteiger partial charge in [-0.3, -0.25) is 0 Å². The second kappa shape index (κ2) is 6.06. The molecule has 0 fully saturated rings. The predicted molar refractivity (Wildman–Crippen MR) is 72.6 cm³/mol. The number of hydrogen-bond acceptors (Lipinski definition) is 4. The molecule has 1 N–H and O–H groups in total. The van der Waals surface area contributed by atoms with Gasteiger partial charge in [-0.2, -0.15) is 0 Å². The van der Waals surface area contributed by atoms with Gasteiger partial charge in [0.25, 0.3) is 0 Å². The van der Waals surface area contributed by atoms with E-state index in [0.29, 0.717) is 5.75 Å². The van der Waals surface area contributed by atoms with Crippen LogP contribution in [0.4, 0.5) is 0 Å². The summed E-state index contributed by atoms with van der Waals surface area (Å²) >= 11 is 0. The molecule has 0 radical (unpaired) electrons. The maximum atomic E-state index is 11.6. The molecule has 0 aliphatic rings. The fourth-order valence-electron chi connectivity index (χ4n) is 1.39. The first-order valence-corrected chi connectivity index (χ1v) is 7.64. The van der Waals surface area contributed by atoms with Crippen molar-refractivity contribution >= 4 is 15.8 Å². The summed E-state index contributed by atoms with van der Waals surface area (Å²) in [6.07, 6.45) is 0. The van der Waals surface area contributed by atoms with E-state index in [-0.39, 0.29) is 17.9 Å². The van der Waals surface area contributed by atoms with Gasteiger partial charge in [0.15, 0.2) is 9.84 Å². The van der Waals surface area contributed by atoms with Gasteiger partial charge < -0.3 is 9.84 Å². The molecule has 106 valence electrons. The van der Waals surface area contributed by atoms with Gasteiger partial charge in [-0.05, 0) is 38.5 Å². The Balaban J connectivity index is 2.73. The van der Waals surface area contributed by atoms with Crippen molar-refractivity contribution in [2.24, 2.45) is 0 Å². The number of carbonyl (C=O) groups is 1. The van der Waals surface area contributed by atoms with Crippen LogP contribution in [-0.4, -0.2) is 37.1 Å². The third-order valence-corrected chi connectivity index (χ3v) is 4.95. The first-order valence-electron chi connectivity index (χ1n) is 5.92. The molecule has 0 aromatic heterocycles. The molecule has 6 heteroatoms. The fourth-order valence-corrected chi connectivity index (χ4v) is 2.18. The molecule has 0 aliphatic heterocycles. The Morgan fingerprint density at radius 2 is 2.00 bits per heavy atom. The number of sulfone groups is 1. The second-order valence-electron chi connectivity index (χ2n) is 4.55. The van der Waals surface area contributed by atoms with Crippen LogP contribution < -0.4 is 4.74 Å². The fraction of sp³-hybridized carbons (Fsp3) is 0.462.